The van der Waals surface area contributed by atoms with Gasteiger partial charge in [0.05, 0.1) is 0 Å². The standard InChI is InChI=1S/C15H15F2NO3/c16-11-2-1-3-12(17)14(11)9-6-10(9)15(21)18(7-13(19)20)8-4-5-8/h1-3,8-10H,4-7H2,(H,19,20)/t9-,10+/m0/s1. The number of benzene rings is 1. The van der Waals surface area contributed by atoms with Gasteiger partial charge >= 0.3 is 5.97 Å². The Morgan fingerprint density at radius 1 is 1.24 bits per heavy atom. The summed E-state index contributed by atoms with van der Waals surface area (Å²) in [5.74, 6) is -3.64. The van der Waals surface area contributed by atoms with E-state index in [-0.39, 0.29) is 24.1 Å². The Morgan fingerprint density at radius 2 is 1.86 bits per heavy atom. The first kappa shape index (κ1) is 14.0. The summed E-state index contributed by atoms with van der Waals surface area (Å²) in [6, 6.07) is 3.61. The lowest BCUT2D eigenvalue weighted by Crippen LogP contribution is -2.38. The smallest absolute Gasteiger partial charge is 0.323 e. The van der Waals surface area contributed by atoms with Crippen LogP contribution in [0.1, 0.15) is 30.7 Å². The minimum Gasteiger partial charge on any atom is -0.480 e. The first-order valence-corrected chi connectivity index (χ1v) is 6.95. The summed E-state index contributed by atoms with van der Waals surface area (Å²) in [5, 5.41) is 8.87. The van der Waals surface area contributed by atoms with Gasteiger partial charge < -0.3 is 10.0 Å². The van der Waals surface area contributed by atoms with Crippen molar-refractivity contribution in [1.82, 2.24) is 4.90 Å². The monoisotopic (exact) mass is 295 g/mol. The van der Waals surface area contributed by atoms with Crippen molar-refractivity contribution in [3.63, 3.8) is 0 Å². The number of carbonyl (C=O) groups is 2. The second-order valence-electron chi connectivity index (χ2n) is 5.68. The number of aliphatic carboxylic acids is 1. The second-order valence-corrected chi connectivity index (χ2v) is 5.68. The molecule has 0 bridgehead atoms. The average Bonchev–Trinajstić information content (AvgIpc) is 3.28. The molecule has 3 rings (SSSR count). The summed E-state index contributed by atoms with van der Waals surface area (Å²) in [7, 11) is 0. The predicted molar refractivity (Wildman–Crippen MR) is 69.6 cm³/mol. The molecule has 2 atom stereocenters. The van der Waals surface area contributed by atoms with Crippen LogP contribution in [0.4, 0.5) is 8.78 Å². The number of halogens is 2. The molecule has 2 saturated carbocycles. The number of nitrogens with zero attached hydrogens (tertiary/aromatic N) is 1. The number of hydrogen-bond donors (Lipinski definition) is 1. The van der Waals surface area contributed by atoms with Crippen LogP contribution >= 0.6 is 0 Å². The van der Waals surface area contributed by atoms with E-state index in [1.807, 2.05) is 0 Å². The van der Waals surface area contributed by atoms with Crippen LogP contribution in [0.5, 0.6) is 0 Å². The summed E-state index contributed by atoms with van der Waals surface area (Å²) in [6.07, 6.45) is 1.97. The van der Waals surface area contributed by atoms with Crippen molar-refractivity contribution in [2.24, 2.45) is 5.92 Å². The zero-order chi connectivity index (χ0) is 15.1. The Labute approximate surface area is 120 Å². The lowest BCUT2D eigenvalue weighted by Gasteiger charge is -2.20. The van der Waals surface area contributed by atoms with Gasteiger partial charge in [-0.05, 0) is 31.4 Å². The highest BCUT2D eigenvalue weighted by atomic mass is 19.1. The van der Waals surface area contributed by atoms with Gasteiger partial charge in [0.15, 0.2) is 0 Å². The Hall–Kier alpha value is -1.98. The molecule has 0 aliphatic heterocycles. The highest BCUT2D eigenvalue weighted by molar-refractivity contribution is 5.86. The third kappa shape index (κ3) is 2.75. The van der Waals surface area contributed by atoms with Crippen molar-refractivity contribution in [3.05, 3.63) is 35.4 Å². The van der Waals surface area contributed by atoms with Crippen LogP contribution in [0.3, 0.4) is 0 Å². The largest absolute Gasteiger partial charge is 0.480 e. The van der Waals surface area contributed by atoms with Gasteiger partial charge in [0, 0.05) is 23.4 Å². The molecule has 2 aliphatic rings. The van der Waals surface area contributed by atoms with Gasteiger partial charge in [-0.1, -0.05) is 6.07 Å². The van der Waals surface area contributed by atoms with Crippen LogP contribution in [-0.4, -0.2) is 34.5 Å². The molecular formula is C15H15F2NO3. The molecule has 21 heavy (non-hydrogen) atoms. The maximum Gasteiger partial charge on any atom is 0.323 e. The van der Waals surface area contributed by atoms with E-state index in [0.717, 1.165) is 12.8 Å². The van der Waals surface area contributed by atoms with Crippen LogP contribution in [-0.2, 0) is 9.59 Å². The zero-order valence-corrected chi connectivity index (χ0v) is 11.3. The Kier molecular flexibility index (Phi) is 3.39. The molecule has 0 spiro atoms. The van der Waals surface area contributed by atoms with E-state index in [9.17, 15) is 18.4 Å². The molecule has 0 radical (unpaired) electrons. The first-order chi connectivity index (χ1) is 9.99. The number of hydrogen-bond acceptors (Lipinski definition) is 2. The molecule has 1 N–H and O–H groups in total. The van der Waals surface area contributed by atoms with Gasteiger partial charge in [0.25, 0.3) is 0 Å². The van der Waals surface area contributed by atoms with Crippen molar-refractivity contribution in [2.45, 2.75) is 31.2 Å². The number of carbonyl (C=O) groups excluding carboxylic acids is 1. The summed E-state index contributed by atoms with van der Waals surface area (Å²) in [4.78, 5) is 24.5. The lowest BCUT2D eigenvalue weighted by atomic mass is 10.1. The van der Waals surface area contributed by atoms with Gasteiger partial charge in [-0.2, -0.15) is 0 Å². The van der Waals surface area contributed by atoms with Crippen molar-refractivity contribution in [1.29, 1.82) is 0 Å². The number of carboxylic acids is 1. The Balaban J connectivity index is 1.74. The fraction of sp³-hybridized carbons (Fsp3) is 0.467. The molecule has 2 fully saturated rings. The third-order valence-electron chi connectivity index (χ3n) is 4.05. The van der Waals surface area contributed by atoms with Gasteiger partial charge in [0.1, 0.15) is 18.2 Å². The lowest BCUT2D eigenvalue weighted by molar-refractivity contribution is -0.145. The second kappa shape index (κ2) is 5.09. The normalized spacial score (nSPS) is 23.7. The Morgan fingerprint density at radius 3 is 2.38 bits per heavy atom. The van der Waals surface area contributed by atoms with Crippen LogP contribution < -0.4 is 0 Å². The van der Waals surface area contributed by atoms with Crippen molar-refractivity contribution in [2.75, 3.05) is 6.54 Å². The molecular weight excluding hydrogens is 280 g/mol. The minimum absolute atomic E-state index is 0.0275. The summed E-state index contributed by atoms with van der Waals surface area (Å²) < 4.78 is 27.4. The Bertz CT molecular complexity index is 580. The van der Waals surface area contributed by atoms with Crippen LogP contribution in [0, 0.1) is 17.6 Å². The highest BCUT2D eigenvalue weighted by Gasteiger charge is 2.50. The molecule has 0 saturated heterocycles. The fourth-order valence-electron chi connectivity index (χ4n) is 2.78. The average molecular weight is 295 g/mol. The van der Waals surface area contributed by atoms with Crippen molar-refractivity contribution in [3.8, 4) is 0 Å². The SMILES string of the molecule is O=C(O)CN(C(=O)[C@@H]1C[C@@H]1c1c(F)cccc1F)C1CC1. The molecule has 0 unspecified atom stereocenters. The van der Waals surface area contributed by atoms with E-state index in [0.29, 0.717) is 6.42 Å². The van der Waals surface area contributed by atoms with Crippen LogP contribution in [0.2, 0.25) is 0 Å². The molecule has 1 aromatic carbocycles. The van der Waals surface area contributed by atoms with E-state index in [4.69, 9.17) is 5.11 Å². The van der Waals surface area contributed by atoms with E-state index < -0.39 is 29.4 Å². The predicted octanol–water partition coefficient (Wildman–Crippen LogP) is 2.14. The molecule has 112 valence electrons. The van der Waals surface area contributed by atoms with Gasteiger partial charge in [-0.25, -0.2) is 8.78 Å². The summed E-state index contributed by atoms with van der Waals surface area (Å²) >= 11 is 0. The van der Waals surface area contributed by atoms with E-state index in [2.05, 4.69) is 0 Å². The number of carboxylic acid groups (broad SMARTS) is 1. The number of amides is 1. The molecule has 0 aromatic heterocycles. The van der Waals surface area contributed by atoms with Crippen molar-refractivity contribution >= 4 is 11.9 Å². The summed E-state index contributed by atoms with van der Waals surface area (Å²) in [5.41, 5.74) is -0.0538. The van der Waals surface area contributed by atoms with Gasteiger partial charge in [0.2, 0.25) is 5.91 Å². The third-order valence-corrected chi connectivity index (χ3v) is 4.05. The molecule has 4 nitrogen and oxygen atoms in total. The topological polar surface area (TPSA) is 57.6 Å². The first-order valence-electron chi connectivity index (χ1n) is 6.95. The van der Waals surface area contributed by atoms with Gasteiger partial charge in [-0.15, -0.1) is 0 Å². The zero-order valence-electron chi connectivity index (χ0n) is 11.3. The molecule has 1 amide bonds. The molecule has 6 heteroatoms. The molecule has 0 heterocycles. The fourth-order valence-corrected chi connectivity index (χ4v) is 2.78. The minimum atomic E-state index is -1.07. The van der Waals surface area contributed by atoms with Crippen LogP contribution in [0.15, 0.2) is 18.2 Å². The summed E-state index contributed by atoms with van der Waals surface area (Å²) in [6.45, 7) is -0.341. The molecule has 2 aliphatic carbocycles. The maximum absolute atomic E-state index is 13.7. The van der Waals surface area contributed by atoms with Crippen molar-refractivity contribution < 1.29 is 23.5 Å². The highest BCUT2D eigenvalue weighted by Crippen LogP contribution is 2.50. The van der Waals surface area contributed by atoms with E-state index >= 15 is 0 Å². The maximum atomic E-state index is 13.7. The quantitative estimate of drug-likeness (QED) is 0.905. The number of rotatable bonds is 5. The van der Waals surface area contributed by atoms with Crippen LogP contribution in [0.25, 0.3) is 0 Å². The molecule has 1 aromatic rings. The van der Waals surface area contributed by atoms with E-state index in [1.54, 1.807) is 0 Å². The van der Waals surface area contributed by atoms with E-state index in [1.165, 1.54) is 23.1 Å². The van der Waals surface area contributed by atoms with Gasteiger partial charge in [-0.3, -0.25) is 9.59 Å².